The molecule has 5 aromatic rings. The van der Waals surface area contributed by atoms with Crippen molar-refractivity contribution in [3.05, 3.63) is 142 Å². The lowest BCUT2D eigenvalue weighted by Crippen LogP contribution is -2.46. The molecular weight excluding hydrogens is 788 g/mol. The number of halogens is 3. The predicted molar refractivity (Wildman–Crippen MR) is 242 cm³/mol. The highest BCUT2D eigenvalue weighted by molar-refractivity contribution is 5.99. The number of rotatable bonds is 10. The number of anilines is 6. The van der Waals surface area contributed by atoms with Crippen molar-refractivity contribution in [2.75, 3.05) is 64.3 Å². The van der Waals surface area contributed by atoms with Crippen molar-refractivity contribution < 1.29 is 22.8 Å². The number of amides is 2. The predicted octanol–water partition coefficient (Wildman–Crippen LogP) is 9.16. The van der Waals surface area contributed by atoms with Crippen LogP contribution in [0.15, 0.2) is 91.0 Å². The molecule has 322 valence electrons. The van der Waals surface area contributed by atoms with Gasteiger partial charge < -0.3 is 31.1 Å². The van der Waals surface area contributed by atoms with Crippen LogP contribution in [-0.4, -0.2) is 68.1 Å². The Balaban J connectivity index is 0.744. The van der Waals surface area contributed by atoms with Gasteiger partial charge in [0, 0.05) is 96.9 Å². The number of aryl methyl sites for hydroxylation is 2. The molecule has 0 bridgehead atoms. The van der Waals surface area contributed by atoms with E-state index in [2.05, 4.69) is 73.3 Å². The van der Waals surface area contributed by atoms with Crippen molar-refractivity contribution in [3.63, 3.8) is 0 Å². The maximum atomic E-state index is 14.9. The number of carbonyl (C=O) groups excluding carboxylic acids is 2. The molecule has 0 aromatic heterocycles. The van der Waals surface area contributed by atoms with E-state index in [1.165, 1.54) is 29.4 Å². The van der Waals surface area contributed by atoms with E-state index in [0.29, 0.717) is 35.0 Å². The van der Waals surface area contributed by atoms with Gasteiger partial charge in [0.1, 0.15) is 29.5 Å². The minimum absolute atomic E-state index is 0.178. The molecule has 12 heteroatoms. The average molecular weight is 842 g/mol. The Hall–Kier alpha value is -6.01. The zero-order valence-corrected chi connectivity index (χ0v) is 35.5. The zero-order valence-electron chi connectivity index (χ0n) is 35.5. The Kier molecular flexibility index (Phi) is 11.6. The van der Waals surface area contributed by atoms with Crippen LogP contribution in [0.5, 0.6) is 0 Å². The molecule has 62 heavy (non-hydrogen) atoms. The molecule has 1 saturated heterocycles. The Labute approximate surface area is 361 Å². The van der Waals surface area contributed by atoms with Gasteiger partial charge in [-0.15, -0.1) is 0 Å². The van der Waals surface area contributed by atoms with Gasteiger partial charge in [-0.3, -0.25) is 14.5 Å². The standard InChI is InChI=1S/C50H54F3N7O2/c1-30-10-16-43(52)41-27-45(56-47(30)41)49(61)54-36-7-5-9-40(26-36)60-20-18-59(19-21-60)39-8-4-6-32(22-39)29-58(3)38-14-12-33(13-15-38)34-23-35(51)25-37(24-34)55-50(62)46-28-42-44(53)17-11-31(2)48(42)57-46/h4-11,16-17,22-26,33,38,45-46,56-57H,12-15,18-21,27-29H2,1-3H3,(H,54,61)(H,55,62). The Bertz CT molecular complexity index is 2440. The molecule has 9 nitrogen and oxygen atoms in total. The Morgan fingerprint density at radius 3 is 1.79 bits per heavy atom. The molecule has 0 radical (unpaired) electrons. The van der Waals surface area contributed by atoms with E-state index in [-0.39, 0.29) is 41.6 Å². The number of nitrogens with one attached hydrogen (secondary N) is 4. The van der Waals surface area contributed by atoms with E-state index >= 15 is 0 Å². The summed E-state index contributed by atoms with van der Waals surface area (Å²) in [6, 6.07) is 27.2. The van der Waals surface area contributed by atoms with Crippen molar-refractivity contribution in [2.24, 2.45) is 0 Å². The Morgan fingerprint density at radius 1 is 0.661 bits per heavy atom. The van der Waals surface area contributed by atoms with Crippen molar-refractivity contribution >= 4 is 45.9 Å². The summed E-state index contributed by atoms with van der Waals surface area (Å²) >= 11 is 0. The van der Waals surface area contributed by atoms with Gasteiger partial charge in [-0.05, 0) is 135 Å². The molecule has 2 atom stereocenters. The molecular formula is C50H54F3N7O2. The summed E-state index contributed by atoms with van der Waals surface area (Å²) in [6.45, 7) is 8.05. The van der Waals surface area contributed by atoms with Gasteiger partial charge in [-0.2, -0.15) is 0 Å². The summed E-state index contributed by atoms with van der Waals surface area (Å²) in [4.78, 5) is 33.6. The number of piperazine rings is 1. The average Bonchev–Trinajstić information content (AvgIpc) is 3.95. The minimum atomic E-state index is -0.623. The van der Waals surface area contributed by atoms with Gasteiger partial charge in [0.25, 0.3) is 0 Å². The first-order chi connectivity index (χ1) is 29.9. The highest BCUT2D eigenvalue weighted by atomic mass is 19.1. The van der Waals surface area contributed by atoms with Gasteiger partial charge in [0.15, 0.2) is 0 Å². The fraction of sp³-hybridized carbons (Fsp3) is 0.360. The maximum Gasteiger partial charge on any atom is 0.247 e. The Morgan fingerprint density at radius 2 is 1.21 bits per heavy atom. The first-order valence-corrected chi connectivity index (χ1v) is 21.9. The molecule has 9 rings (SSSR count). The maximum absolute atomic E-state index is 14.9. The fourth-order valence-electron chi connectivity index (χ4n) is 9.96. The van der Waals surface area contributed by atoms with Crippen LogP contribution in [0.25, 0.3) is 0 Å². The molecule has 1 saturated carbocycles. The first kappa shape index (κ1) is 41.3. The fourth-order valence-corrected chi connectivity index (χ4v) is 9.96. The molecule has 4 N–H and O–H groups in total. The third-order valence-corrected chi connectivity index (χ3v) is 13.5. The SMILES string of the molecule is Cc1ccc(F)c2c1NC(C(=O)Nc1cc(F)cc(C3CCC(N(C)Cc4cccc(N5CCN(c6cccc(NC(=O)C7Cc8c(F)ccc(C)c8N7)c6)CC5)c4)CC3)c1)C2. The van der Waals surface area contributed by atoms with E-state index < -0.39 is 12.1 Å². The molecule has 3 aliphatic heterocycles. The number of benzene rings is 5. The summed E-state index contributed by atoms with van der Waals surface area (Å²) in [5.74, 6) is -1.27. The number of hydrogen-bond acceptors (Lipinski definition) is 7. The summed E-state index contributed by atoms with van der Waals surface area (Å²) < 4.78 is 43.8. The zero-order chi connectivity index (χ0) is 43.1. The summed E-state index contributed by atoms with van der Waals surface area (Å²) in [5.41, 5.74) is 9.86. The lowest BCUT2D eigenvalue weighted by atomic mass is 9.81. The molecule has 5 aromatic carbocycles. The van der Waals surface area contributed by atoms with Gasteiger partial charge in [0.2, 0.25) is 11.8 Å². The van der Waals surface area contributed by atoms with E-state index in [0.717, 1.165) is 92.2 Å². The monoisotopic (exact) mass is 841 g/mol. The summed E-state index contributed by atoms with van der Waals surface area (Å²) in [5, 5.41) is 12.3. The van der Waals surface area contributed by atoms with E-state index in [9.17, 15) is 22.8 Å². The number of hydrogen-bond donors (Lipinski definition) is 4. The highest BCUT2D eigenvalue weighted by Crippen LogP contribution is 2.38. The first-order valence-electron chi connectivity index (χ1n) is 21.9. The number of nitrogens with zero attached hydrogens (tertiary/aromatic N) is 3. The van der Waals surface area contributed by atoms with Crippen LogP contribution >= 0.6 is 0 Å². The van der Waals surface area contributed by atoms with E-state index in [1.807, 2.05) is 38.1 Å². The van der Waals surface area contributed by atoms with Gasteiger partial charge in [-0.25, -0.2) is 13.2 Å². The third kappa shape index (κ3) is 8.70. The van der Waals surface area contributed by atoms with Crippen LogP contribution in [0.1, 0.15) is 65.0 Å². The smallest absolute Gasteiger partial charge is 0.247 e. The van der Waals surface area contributed by atoms with Crippen molar-refractivity contribution in [3.8, 4) is 0 Å². The topological polar surface area (TPSA) is 92.0 Å². The van der Waals surface area contributed by atoms with Crippen LogP contribution in [0.3, 0.4) is 0 Å². The number of carbonyl (C=O) groups is 2. The van der Waals surface area contributed by atoms with Gasteiger partial charge in [-0.1, -0.05) is 30.3 Å². The van der Waals surface area contributed by atoms with E-state index in [1.54, 1.807) is 18.2 Å². The van der Waals surface area contributed by atoms with Gasteiger partial charge >= 0.3 is 0 Å². The molecule has 3 heterocycles. The van der Waals surface area contributed by atoms with Crippen LogP contribution in [0, 0.1) is 31.3 Å². The molecule has 2 unspecified atom stereocenters. The molecule has 4 aliphatic rings. The highest BCUT2D eigenvalue weighted by Gasteiger charge is 2.32. The van der Waals surface area contributed by atoms with Crippen LogP contribution in [-0.2, 0) is 29.0 Å². The van der Waals surface area contributed by atoms with Crippen LogP contribution < -0.4 is 31.1 Å². The second-order valence-corrected chi connectivity index (χ2v) is 17.6. The molecule has 0 spiro atoms. The largest absolute Gasteiger partial charge is 0.373 e. The quantitative estimate of drug-likeness (QED) is 0.112. The summed E-state index contributed by atoms with van der Waals surface area (Å²) in [6.07, 6.45) is 4.41. The summed E-state index contributed by atoms with van der Waals surface area (Å²) in [7, 11) is 2.19. The van der Waals surface area contributed by atoms with Crippen LogP contribution in [0.4, 0.5) is 47.3 Å². The third-order valence-electron chi connectivity index (χ3n) is 13.5. The lowest BCUT2D eigenvalue weighted by Gasteiger charge is -2.38. The second kappa shape index (κ2) is 17.4. The van der Waals surface area contributed by atoms with Crippen molar-refractivity contribution in [1.29, 1.82) is 0 Å². The number of fused-ring (bicyclic) bond motifs is 2. The minimum Gasteiger partial charge on any atom is -0.373 e. The van der Waals surface area contributed by atoms with E-state index in [4.69, 9.17) is 0 Å². The molecule has 2 fully saturated rings. The van der Waals surface area contributed by atoms with Crippen molar-refractivity contribution in [2.45, 2.75) is 83.0 Å². The molecule has 2 amide bonds. The van der Waals surface area contributed by atoms with Gasteiger partial charge in [0.05, 0.1) is 0 Å². The normalized spacial score (nSPS) is 20.6. The second-order valence-electron chi connectivity index (χ2n) is 17.6. The molecule has 1 aliphatic carbocycles. The van der Waals surface area contributed by atoms with Crippen molar-refractivity contribution in [1.82, 2.24) is 4.90 Å². The lowest BCUT2D eigenvalue weighted by molar-refractivity contribution is -0.117. The van der Waals surface area contributed by atoms with Crippen LogP contribution in [0.2, 0.25) is 0 Å².